The summed E-state index contributed by atoms with van der Waals surface area (Å²) in [5.41, 5.74) is 6.93. The Labute approximate surface area is 217 Å². The maximum atomic E-state index is 13.8. The second kappa shape index (κ2) is 9.88. The Bertz CT molecular complexity index is 1160. The first-order chi connectivity index (χ1) is 17.3. The Morgan fingerprint density at radius 1 is 0.889 bits per heavy atom. The lowest BCUT2D eigenvalue weighted by atomic mass is 9.49. The smallest absolute Gasteiger partial charge is 0.232 e. The summed E-state index contributed by atoms with van der Waals surface area (Å²) in [6.07, 6.45) is 5.98. The quantitative estimate of drug-likeness (QED) is 0.384. The van der Waals surface area contributed by atoms with Crippen LogP contribution >= 0.6 is 0 Å². The van der Waals surface area contributed by atoms with Gasteiger partial charge < -0.3 is 5.32 Å². The fraction of sp³-hybridized carbons (Fsp3) is 0.441. The number of carbonyl (C=O) groups is 1. The van der Waals surface area contributed by atoms with Gasteiger partial charge >= 0.3 is 0 Å². The van der Waals surface area contributed by atoms with Crippen molar-refractivity contribution in [2.45, 2.75) is 77.0 Å². The lowest BCUT2D eigenvalue weighted by Gasteiger charge is -2.55. The van der Waals surface area contributed by atoms with Crippen molar-refractivity contribution in [1.29, 1.82) is 0 Å². The van der Waals surface area contributed by atoms with Gasteiger partial charge in [-0.3, -0.25) is 4.79 Å². The molecule has 0 spiro atoms. The van der Waals surface area contributed by atoms with E-state index in [4.69, 9.17) is 0 Å². The van der Waals surface area contributed by atoms with Crippen LogP contribution in [0.15, 0.2) is 78.9 Å². The maximum Gasteiger partial charge on any atom is 0.232 e. The van der Waals surface area contributed by atoms with E-state index < -0.39 is 0 Å². The van der Waals surface area contributed by atoms with Gasteiger partial charge in [0, 0.05) is 6.54 Å². The van der Waals surface area contributed by atoms with Gasteiger partial charge in [-0.1, -0.05) is 113 Å². The Morgan fingerprint density at radius 3 is 2.14 bits per heavy atom. The normalized spacial score (nSPS) is 25.3. The fourth-order valence-corrected chi connectivity index (χ4v) is 7.36. The molecule has 1 N–H and O–H groups in total. The summed E-state index contributed by atoms with van der Waals surface area (Å²) in [6.45, 7) is 10.3. The summed E-state index contributed by atoms with van der Waals surface area (Å²) in [7, 11) is 0. The first-order valence-electron chi connectivity index (χ1n) is 13.8. The molecule has 0 aromatic heterocycles. The van der Waals surface area contributed by atoms with Gasteiger partial charge in [-0.15, -0.1) is 0 Å². The van der Waals surface area contributed by atoms with E-state index in [9.17, 15) is 4.79 Å². The molecular weight excluding hydrogens is 438 g/mol. The predicted molar refractivity (Wildman–Crippen MR) is 149 cm³/mol. The first kappa shape index (κ1) is 24.8. The van der Waals surface area contributed by atoms with Crippen molar-refractivity contribution in [1.82, 2.24) is 5.32 Å². The van der Waals surface area contributed by atoms with Gasteiger partial charge in [0.15, 0.2) is 0 Å². The number of benzene rings is 3. The van der Waals surface area contributed by atoms with Crippen molar-refractivity contribution >= 4 is 5.91 Å². The second-order valence-electron chi connectivity index (χ2n) is 12.1. The van der Waals surface area contributed by atoms with Crippen LogP contribution in [0.1, 0.15) is 93.0 Å². The number of nitrogens with one attached hydrogen (secondary N) is 1. The molecule has 2 heteroatoms. The van der Waals surface area contributed by atoms with E-state index in [0.29, 0.717) is 11.8 Å². The molecule has 3 atom stereocenters. The largest absolute Gasteiger partial charge is 0.355 e. The maximum absolute atomic E-state index is 13.8. The third kappa shape index (κ3) is 4.51. The molecule has 2 aliphatic carbocycles. The van der Waals surface area contributed by atoms with Crippen LogP contribution < -0.4 is 5.32 Å². The third-order valence-corrected chi connectivity index (χ3v) is 9.37. The molecule has 2 aliphatic rings. The lowest BCUT2D eigenvalue weighted by Crippen LogP contribution is -2.53. The number of carbonyl (C=O) groups excluding carboxylic acids is 1. The summed E-state index contributed by atoms with van der Waals surface area (Å²) in [4.78, 5) is 13.8. The van der Waals surface area contributed by atoms with Crippen molar-refractivity contribution in [2.75, 3.05) is 6.54 Å². The minimum absolute atomic E-state index is 0.0894. The summed E-state index contributed by atoms with van der Waals surface area (Å²) < 4.78 is 0. The van der Waals surface area contributed by atoms with Crippen LogP contribution in [-0.4, -0.2) is 12.5 Å². The molecular formula is C34H41NO. The highest BCUT2D eigenvalue weighted by Gasteiger charge is 2.51. The van der Waals surface area contributed by atoms with Gasteiger partial charge in [0.2, 0.25) is 5.91 Å². The average Bonchev–Trinajstić information content (AvgIpc) is 2.89. The average molecular weight is 480 g/mol. The second-order valence-corrected chi connectivity index (χ2v) is 12.1. The number of hydrogen-bond acceptors (Lipinski definition) is 1. The molecule has 0 unspecified atom stereocenters. The summed E-state index contributed by atoms with van der Waals surface area (Å²) in [5.74, 6) is 0.938. The van der Waals surface area contributed by atoms with E-state index in [2.05, 4.69) is 75.5 Å². The molecule has 0 radical (unpaired) electrons. The number of rotatable bonds is 6. The van der Waals surface area contributed by atoms with Crippen LogP contribution in [-0.2, 0) is 16.6 Å². The van der Waals surface area contributed by atoms with Crippen molar-refractivity contribution in [3.05, 3.63) is 107 Å². The predicted octanol–water partition coefficient (Wildman–Crippen LogP) is 7.77. The molecule has 3 aromatic rings. The Balaban J connectivity index is 1.40. The van der Waals surface area contributed by atoms with Crippen LogP contribution in [0.3, 0.4) is 0 Å². The zero-order chi connectivity index (χ0) is 25.3. The molecule has 36 heavy (non-hydrogen) atoms. The van der Waals surface area contributed by atoms with Crippen molar-refractivity contribution in [2.24, 2.45) is 11.3 Å². The Morgan fingerprint density at radius 2 is 1.53 bits per heavy atom. The molecule has 0 heterocycles. The van der Waals surface area contributed by atoms with Gasteiger partial charge in [-0.05, 0) is 76.2 Å². The molecule has 1 fully saturated rings. The highest BCUT2D eigenvalue weighted by Crippen LogP contribution is 2.57. The third-order valence-electron chi connectivity index (χ3n) is 9.37. The van der Waals surface area contributed by atoms with Gasteiger partial charge in [0.05, 0.1) is 5.92 Å². The van der Waals surface area contributed by atoms with Gasteiger partial charge in [0.1, 0.15) is 0 Å². The van der Waals surface area contributed by atoms with Crippen LogP contribution in [0.5, 0.6) is 0 Å². The SMILES string of the molecule is CC(C)c1ccc2c(c1)[C@@]1(C)CCC[C@](C)(CNC(=O)C(c3ccccc3)c3ccccc3)[C@@H]1CC2. The summed E-state index contributed by atoms with van der Waals surface area (Å²) in [5, 5.41) is 3.45. The molecule has 0 bridgehead atoms. The number of hydrogen-bond donors (Lipinski definition) is 1. The fourth-order valence-electron chi connectivity index (χ4n) is 7.36. The molecule has 0 saturated heterocycles. The summed E-state index contributed by atoms with van der Waals surface area (Å²) >= 11 is 0. The van der Waals surface area contributed by atoms with Crippen molar-refractivity contribution < 1.29 is 4.79 Å². The zero-order valence-corrected chi connectivity index (χ0v) is 22.4. The van der Waals surface area contributed by atoms with Crippen molar-refractivity contribution in [3.63, 3.8) is 0 Å². The number of aryl methyl sites for hydroxylation is 1. The van der Waals surface area contributed by atoms with E-state index in [1.165, 1.54) is 31.2 Å². The van der Waals surface area contributed by atoms with E-state index in [1.807, 2.05) is 36.4 Å². The molecule has 0 aliphatic heterocycles. The molecule has 1 saturated carbocycles. The Hall–Kier alpha value is -2.87. The van der Waals surface area contributed by atoms with Crippen molar-refractivity contribution in [3.8, 4) is 0 Å². The zero-order valence-electron chi connectivity index (χ0n) is 22.4. The minimum Gasteiger partial charge on any atom is -0.355 e. The molecule has 5 rings (SSSR count). The molecule has 3 aromatic carbocycles. The standard InChI is InChI=1S/C34H41NO/c1-24(2)28-17-16-25-18-19-30-33(3,20-11-21-34(30,4)29(25)22-28)23-35-32(36)31(26-12-7-5-8-13-26)27-14-9-6-10-15-27/h5-10,12-17,22,24,30-31H,11,18-21,23H2,1-4H3,(H,35,36)/t30-,33+,34+/m0/s1. The van der Waals surface area contributed by atoms with Crippen LogP contribution in [0.25, 0.3) is 0 Å². The summed E-state index contributed by atoms with van der Waals surface area (Å²) in [6, 6.07) is 27.6. The van der Waals surface area contributed by atoms with Gasteiger partial charge in [-0.2, -0.15) is 0 Å². The van der Waals surface area contributed by atoms with Crippen LogP contribution in [0, 0.1) is 11.3 Å². The molecule has 1 amide bonds. The highest BCUT2D eigenvalue weighted by molar-refractivity contribution is 5.87. The first-order valence-corrected chi connectivity index (χ1v) is 13.8. The minimum atomic E-state index is -0.286. The van der Waals surface area contributed by atoms with E-state index >= 15 is 0 Å². The van der Waals surface area contributed by atoms with Crippen LogP contribution in [0.2, 0.25) is 0 Å². The topological polar surface area (TPSA) is 29.1 Å². The molecule has 188 valence electrons. The van der Waals surface area contributed by atoms with Gasteiger partial charge in [0.25, 0.3) is 0 Å². The van der Waals surface area contributed by atoms with E-state index in [1.54, 1.807) is 11.1 Å². The Kier molecular flexibility index (Phi) is 6.81. The monoisotopic (exact) mass is 479 g/mol. The molecule has 2 nitrogen and oxygen atoms in total. The number of amides is 1. The van der Waals surface area contributed by atoms with Gasteiger partial charge in [-0.25, -0.2) is 0 Å². The lowest BCUT2D eigenvalue weighted by molar-refractivity contribution is -0.122. The van der Waals surface area contributed by atoms with Crippen LogP contribution in [0.4, 0.5) is 0 Å². The van der Waals surface area contributed by atoms with E-state index in [-0.39, 0.29) is 22.7 Å². The highest BCUT2D eigenvalue weighted by atomic mass is 16.1. The van der Waals surface area contributed by atoms with E-state index in [0.717, 1.165) is 24.1 Å². The number of fused-ring (bicyclic) bond motifs is 3.